The fourth-order valence-electron chi connectivity index (χ4n) is 3.98. The molecule has 4 rings (SSSR count). The molecule has 6 nitrogen and oxygen atoms in total. The minimum Gasteiger partial charge on any atom is -0.336 e. The first-order chi connectivity index (χ1) is 13.0. The summed E-state index contributed by atoms with van der Waals surface area (Å²) in [6.45, 7) is 6.80. The Bertz CT molecular complexity index is 1070. The number of rotatable bonds is 3. The summed E-state index contributed by atoms with van der Waals surface area (Å²) in [7, 11) is 0. The third-order valence-corrected chi connectivity index (χ3v) is 6.51. The van der Waals surface area contributed by atoms with E-state index in [9.17, 15) is 10.1 Å². The largest absolute Gasteiger partial charge is 0.336 e. The van der Waals surface area contributed by atoms with Crippen molar-refractivity contribution in [3.8, 4) is 6.07 Å². The molecule has 0 saturated heterocycles. The standard InChI is InChI=1S/C20H21N5OS/c1-12-16(14(3)25-20(23-12)15(10-21)11-22-25)4-5-19(26)24-8-6-18-17(13(24)2)7-9-27-18/h7,9,11,13H,4-6,8H2,1-3H3. The van der Waals surface area contributed by atoms with Gasteiger partial charge in [-0.1, -0.05) is 0 Å². The fraction of sp³-hybridized carbons (Fsp3) is 0.400. The van der Waals surface area contributed by atoms with Gasteiger partial charge in [-0.3, -0.25) is 4.79 Å². The molecule has 0 spiro atoms. The lowest BCUT2D eigenvalue weighted by Crippen LogP contribution is -2.38. The Morgan fingerprint density at radius 2 is 2.26 bits per heavy atom. The summed E-state index contributed by atoms with van der Waals surface area (Å²) in [5, 5.41) is 15.6. The van der Waals surface area contributed by atoms with Gasteiger partial charge >= 0.3 is 0 Å². The van der Waals surface area contributed by atoms with Crippen molar-refractivity contribution >= 4 is 22.9 Å². The summed E-state index contributed by atoms with van der Waals surface area (Å²) in [5.41, 5.74) is 5.17. The van der Waals surface area contributed by atoms with Crippen molar-refractivity contribution in [2.45, 2.75) is 46.1 Å². The van der Waals surface area contributed by atoms with Gasteiger partial charge in [-0.25, -0.2) is 9.50 Å². The van der Waals surface area contributed by atoms with Crippen LogP contribution in [0, 0.1) is 25.2 Å². The van der Waals surface area contributed by atoms with E-state index in [4.69, 9.17) is 0 Å². The zero-order valence-corrected chi connectivity index (χ0v) is 16.5. The van der Waals surface area contributed by atoms with E-state index in [2.05, 4.69) is 34.5 Å². The average Bonchev–Trinajstić information content (AvgIpc) is 3.28. The summed E-state index contributed by atoms with van der Waals surface area (Å²) in [6, 6.07) is 4.40. The van der Waals surface area contributed by atoms with Crippen LogP contribution in [0.5, 0.6) is 0 Å². The van der Waals surface area contributed by atoms with Gasteiger partial charge in [0.2, 0.25) is 5.91 Å². The number of carbonyl (C=O) groups is 1. The monoisotopic (exact) mass is 379 g/mol. The van der Waals surface area contributed by atoms with Gasteiger partial charge in [0.15, 0.2) is 5.65 Å². The van der Waals surface area contributed by atoms with Crippen LogP contribution in [0.15, 0.2) is 17.6 Å². The number of aryl methyl sites for hydroxylation is 2. The molecule has 1 aliphatic rings. The van der Waals surface area contributed by atoms with Crippen LogP contribution in [-0.2, 0) is 17.6 Å². The van der Waals surface area contributed by atoms with Crippen molar-refractivity contribution < 1.29 is 4.79 Å². The number of nitrogens with zero attached hydrogens (tertiary/aromatic N) is 5. The molecule has 0 N–H and O–H groups in total. The number of thiophene rings is 1. The number of amides is 1. The lowest BCUT2D eigenvalue weighted by atomic mass is 10.00. The molecule has 0 bridgehead atoms. The van der Waals surface area contributed by atoms with Crippen LogP contribution in [0.25, 0.3) is 5.65 Å². The lowest BCUT2D eigenvalue weighted by molar-refractivity contribution is -0.133. The number of carbonyl (C=O) groups excluding carboxylic acids is 1. The van der Waals surface area contributed by atoms with Crippen molar-refractivity contribution in [1.82, 2.24) is 19.5 Å². The van der Waals surface area contributed by atoms with E-state index >= 15 is 0 Å². The molecule has 3 aromatic rings. The van der Waals surface area contributed by atoms with Gasteiger partial charge in [0.05, 0.1) is 12.2 Å². The number of hydrogen-bond acceptors (Lipinski definition) is 5. The molecule has 1 aliphatic heterocycles. The van der Waals surface area contributed by atoms with Crippen LogP contribution in [0.4, 0.5) is 0 Å². The van der Waals surface area contributed by atoms with Gasteiger partial charge in [-0.2, -0.15) is 10.4 Å². The van der Waals surface area contributed by atoms with E-state index in [0.717, 1.165) is 29.9 Å². The molecule has 0 radical (unpaired) electrons. The first-order valence-electron chi connectivity index (χ1n) is 9.11. The van der Waals surface area contributed by atoms with Gasteiger partial charge < -0.3 is 4.90 Å². The highest BCUT2D eigenvalue weighted by atomic mass is 32.1. The zero-order chi connectivity index (χ0) is 19.1. The topological polar surface area (TPSA) is 74.3 Å². The van der Waals surface area contributed by atoms with Crippen molar-refractivity contribution in [2.75, 3.05) is 6.54 Å². The van der Waals surface area contributed by atoms with E-state index in [1.807, 2.05) is 18.7 Å². The minimum absolute atomic E-state index is 0.139. The first kappa shape index (κ1) is 17.7. The molecule has 1 amide bonds. The number of hydrogen-bond donors (Lipinski definition) is 0. The Balaban J connectivity index is 1.54. The second-order valence-corrected chi connectivity index (χ2v) is 7.98. The zero-order valence-electron chi connectivity index (χ0n) is 15.7. The van der Waals surface area contributed by atoms with Crippen LogP contribution in [0.3, 0.4) is 0 Å². The maximum Gasteiger partial charge on any atom is 0.223 e. The summed E-state index contributed by atoms with van der Waals surface area (Å²) in [5.74, 6) is 0.177. The molecule has 0 saturated carbocycles. The van der Waals surface area contributed by atoms with Crippen molar-refractivity contribution in [3.63, 3.8) is 0 Å². The second kappa shape index (κ2) is 6.78. The first-order valence-corrected chi connectivity index (χ1v) is 9.99. The predicted octanol–water partition coefficient (Wildman–Crippen LogP) is 3.36. The number of nitriles is 1. The van der Waals surface area contributed by atoms with E-state index in [1.54, 1.807) is 15.9 Å². The lowest BCUT2D eigenvalue weighted by Gasteiger charge is -2.33. The third-order valence-electron chi connectivity index (χ3n) is 5.52. The van der Waals surface area contributed by atoms with Gasteiger partial charge in [-0.05, 0) is 56.2 Å². The highest BCUT2D eigenvalue weighted by Gasteiger charge is 2.28. The average molecular weight is 379 g/mol. The summed E-state index contributed by atoms with van der Waals surface area (Å²) in [6.07, 6.45) is 3.56. The summed E-state index contributed by atoms with van der Waals surface area (Å²) in [4.78, 5) is 20.8. The Hall–Kier alpha value is -2.72. The van der Waals surface area contributed by atoms with Crippen molar-refractivity contribution in [2.24, 2.45) is 0 Å². The fourth-order valence-corrected chi connectivity index (χ4v) is 4.94. The van der Waals surface area contributed by atoms with Gasteiger partial charge in [-0.15, -0.1) is 11.3 Å². The molecule has 27 heavy (non-hydrogen) atoms. The normalized spacial score (nSPS) is 16.4. The Morgan fingerprint density at radius 3 is 3.04 bits per heavy atom. The van der Waals surface area contributed by atoms with Gasteiger partial charge in [0.1, 0.15) is 11.6 Å². The molecule has 1 unspecified atom stereocenters. The predicted molar refractivity (Wildman–Crippen MR) is 104 cm³/mol. The molecule has 4 heterocycles. The summed E-state index contributed by atoms with van der Waals surface area (Å²) < 4.78 is 1.70. The number of aromatic nitrogens is 3. The van der Waals surface area contributed by atoms with Crippen molar-refractivity contribution in [3.05, 3.63) is 50.6 Å². The molecule has 7 heteroatoms. The smallest absolute Gasteiger partial charge is 0.223 e. The quantitative estimate of drug-likeness (QED) is 0.699. The Labute approximate surface area is 162 Å². The maximum atomic E-state index is 12.9. The highest BCUT2D eigenvalue weighted by Crippen LogP contribution is 2.33. The third kappa shape index (κ3) is 2.90. The molecule has 0 aliphatic carbocycles. The SMILES string of the molecule is Cc1nc2c(C#N)cnn2c(C)c1CCC(=O)N1CCc2sccc2C1C. The maximum absolute atomic E-state index is 12.9. The molecule has 1 atom stereocenters. The summed E-state index contributed by atoms with van der Waals surface area (Å²) >= 11 is 1.78. The minimum atomic E-state index is 0.139. The van der Waals surface area contributed by atoms with Crippen LogP contribution in [-0.4, -0.2) is 31.9 Å². The highest BCUT2D eigenvalue weighted by molar-refractivity contribution is 7.10. The molecular formula is C20H21N5OS. The molecular weight excluding hydrogens is 358 g/mol. The van der Waals surface area contributed by atoms with E-state index < -0.39 is 0 Å². The Morgan fingerprint density at radius 1 is 1.44 bits per heavy atom. The molecule has 3 aromatic heterocycles. The van der Waals surface area contributed by atoms with Crippen LogP contribution in [0.1, 0.15) is 52.3 Å². The number of fused-ring (bicyclic) bond motifs is 2. The van der Waals surface area contributed by atoms with Crippen molar-refractivity contribution in [1.29, 1.82) is 5.26 Å². The van der Waals surface area contributed by atoms with Gasteiger partial charge in [0, 0.05) is 29.2 Å². The van der Waals surface area contributed by atoms with E-state index in [-0.39, 0.29) is 11.9 Å². The molecule has 0 aromatic carbocycles. The van der Waals surface area contributed by atoms with E-state index in [1.165, 1.54) is 16.6 Å². The second-order valence-electron chi connectivity index (χ2n) is 6.98. The van der Waals surface area contributed by atoms with E-state index in [0.29, 0.717) is 24.1 Å². The molecule has 138 valence electrons. The van der Waals surface area contributed by atoms with Crippen LogP contribution < -0.4 is 0 Å². The molecule has 0 fully saturated rings. The van der Waals surface area contributed by atoms with Crippen LogP contribution >= 0.6 is 11.3 Å². The van der Waals surface area contributed by atoms with Crippen LogP contribution in [0.2, 0.25) is 0 Å². The Kier molecular flexibility index (Phi) is 4.44. The van der Waals surface area contributed by atoms with Gasteiger partial charge in [0.25, 0.3) is 0 Å².